The van der Waals surface area contributed by atoms with Crippen molar-refractivity contribution in [2.75, 3.05) is 20.7 Å². The van der Waals surface area contributed by atoms with Crippen molar-refractivity contribution in [1.82, 2.24) is 15.6 Å². The van der Waals surface area contributed by atoms with Crippen LogP contribution in [0, 0.1) is 13.8 Å². The van der Waals surface area contributed by atoms with Crippen molar-refractivity contribution in [2.45, 2.75) is 52.5 Å². The Morgan fingerprint density at radius 2 is 1.92 bits per heavy atom. The van der Waals surface area contributed by atoms with Crippen LogP contribution in [0.1, 0.15) is 49.4 Å². The molecule has 0 aliphatic carbocycles. The topological polar surface area (TPSA) is 88.8 Å². The predicted molar refractivity (Wildman–Crippen MR) is 105 cm³/mol. The molecule has 1 aromatic heterocycles. The van der Waals surface area contributed by atoms with Crippen LogP contribution in [0.15, 0.2) is 9.41 Å². The molecule has 0 saturated heterocycles. The van der Waals surface area contributed by atoms with Gasteiger partial charge in [0, 0.05) is 20.0 Å². The van der Waals surface area contributed by atoms with Crippen molar-refractivity contribution in [3.63, 3.8) is 0 Å². The van der Waals surface area contributed by atoms with Gasteiger partial charge in [0.05, 0.1) is 19.3 Å². The molecule has 0 spiro atoms. The van der Waals surface area contributed by atoms with E-state index < -0.39 is 0 Å². The smallest absolute Gasteiger partial charge is 0.305 e. The van der Waals surface area contributed by atoms with E-state index in [0.29, 0.717) is 18.9 Å². The van der Waals surface area contributed by atoms with Gasteiger partial charge in [0.25, 0.3) is 0 Å². The van der Waals surface area contributed by atoms with E-state index in [1.165, 1.54) is 7.11 Å². The minimum absolute atomic E-state index is 0. The number of oxazole rings is 1. The average molecular weight is 452 g/mol. The Morgan fingerprint density at radius 1 is 1.21 bits per heavy atom. The first-order valence-electron chi connectivity index (χ1n) is 8.01. The van der Waals surface area contributed by atoms with Gasteiger partial charge in [0.2, 0.25) is 5.89 Å². The molecule has 24 heavy (non-hydrogen) atoms. The van der Waals surface area contributed by atoms with Gasteiger partial charge in [0.15, 0.2) is 5.96 Å². The number of rotatable bonds is 9. The first kappa shape index (κ1) is 22.7. The summed E-state index contributed by atoms with van der Waals surface area (Å²) in [6.45, 7) is 5.17. The van der Waals surface area contributed by atoms with Gasteiger partial charge in [-0.15, -0.1) is 24.0 Å². The molecule has 0 bridgehead atoms. The molecule has 0 radical (unpaired) electrons. The maximum absolute atomic E-state index is 11.0. The Bertz CT molecular complexity index is 498. The van der Waals surface area contributed by atoms with Crippen molar-refractivity contribution >= 4 is 35.9 Å². The second kappa shape index (κ2) is 13.0. The zero-order valence-electron chi connectivity index (χ0n) is 15.0. The number of nitrogens with zero attached hydrogens (tertiary/aromatic N) is 2. The van der Waals surface area contributed by atoms with E-state index in [2.05, 4.69) is 25.3 Å². The molecule has 0 aliphatic heterocycles. The molecule has 8 heteroatoms. The summed E-state index contributed by atoms with van der Waals surface area (Å²) in [4.78, 5) is 19.5. The van der Waals surface area contributed by atoms with E-state index in [-0.39, 0.29) is 29.9 Å². The van der Waals surface area contributed by atoms with Crippen molar-refractivity contribution in [1.29, 1.82) is 0 Å². The molecule has 0 atom stereocenters. The Labute approximate surface area is 161 Å². The summed E-state index contributed by atoms with van der Waals surface area (Å²) in [7, 11) is 3.16. The number of halogens is 1. The zero-order chi connectivity index (χ0) is 17.1. The van der Waals surface area contributed by atoms with Crippen molar-refractivity contribution in [3.8, 4) is 0 Å². The van der Waals surface area contributed by atoms with E-state index in [1.54, 1.807) is 7.05 Å². The highest BCUT2D eigenvalue weighted by molar-refractivity contribution is 14.0. The van der Waals surface area contributed by atoms with Gasteiger partial charge in [-0.3, -0.25) is 9.79 Å². The molecule has 0 amide bonds. The lowest BCUT2D eigenvalue weighted by Crippen LogP contribution is -2.37. The van der Waals surface area contributed by atoms with Crippen LogP contribution in [0.3, 0.4) is 0 Å². The maximum atomic E-state index is 11.0. The molecule has 0 saturated carbocycles. The SMILES string of the molecule is CN=C(NCCCCCCC(=O)OC)NCc1nc(C)c(C)o1.I. The van der Waals surface area contributed by atoms with E-state index >= 15 is 0 Å². The quantitative estimate of drug-likeness (QED) is 0.197. The van der Waals surface area contributed by atoms with Gasteiger partial charge in [-0.05, 0) is 26.7 Å². The molecule has 0 fully saturated rings. The van der Waals surface area contributed by atoms with Crippen LogP contribution in [0.4, 0.5) is 0 Å². The molecule has 7 nitrogen and oxygen atoms in total. The number of hydrogen-bond acceptors (Lipinski definition) is 5. The normalized spacial score (nSPS) is 10.9. The number of guanidine groups is 1. The number of carbonyl (C=O) groups excluding carboxylic acids is 1. The van der Waals surface area contributed by atoms with Crippen molar-refractivity contribution in [2.24, 2.45) is 4.99 Å². The molecule has 1 heterocycles. The molecule has 0 aromatic carbocycles. The third-order valence-electron chi connectivity index (χ3n) is 3.53. The number of esters is 1. The number of aryl methyl sites for hydroxylation is 2. The third-order valence-corrected chi connectivity index (χ3v) is 3.53. The zero-order valence-corrected chi connectivity index (χ0v) is 17.3. The minimum Gasteiger partial charge on any atom is -0.469 e. The maximum Gasteiger partial charge on any atom is 0.305 e. The Hall–Kier alpha value is -1.32. The average Bonchev–Trinajstić information content (AvgIpc) is 2.87. The van der Waals surface area contributed by atoms with E-state index in [9.17, 15) is 4.79 Å². The second-order valence-electron chi connectivity index (χ2n) is 5.34. The summed E-state index contributed by atoms with van der Waals surface area (Å²) in [5, 5.41) is 6.42. The van der Waals surface area contributed by atoms with Crippen LogP contribution in [-0.2, 0) is 16.1 Å². The summed E-state index contributed by atoms with van der Waals surface area (Å²) >= 11 is 0. The van der Waals surface area contributed by atoms with Crippen molar-refractivity contribution in [3.05, 3.63) is 17.3 Å². The molecule has 138 valence electrons. The molecular formula is C16H29IN4O3. The summed E-state index contributed by atoms with van der Waals surface area (Å²) in [5.74, 6) is 2.10. The highest BCUT2D eigenvalue weighted by Gasteiger charge is 2.06. The number of methoxy groups -OCH3 is 1. The van der Waals surface area contributed by atoms with Crippen LogP contribution in [-0.4, -0.2) is 37.6 Å². The molecule has 0 aliphatic rings. The highest BCUT2D eigenvalue weighted by Crippen LogP contribution is 2.07. The first-order valence-corrected chi connectivity index (χ1v) is 8.01. The van der Waals surface area contributed by atoms with Crippen molar-refractivity contribution < 1.29 is 13.9 Å². The van der Waals surface area contributed by atoms with E-state index in [0.717, 1.165) is 49.6 Å². The van der Waals surface area contributed by atoms with Crippen LogP contribution >= 0.6 is 24.0 Å². The lowest BCUT2D eigenvalue weighted by molar-refractivity contribution is -0.140. The molecule has 0 unspecified atom stereocenters. The summed E-state index contributed by atoms with van der Waals surface area (Å²) < 4.78 is 10.1. The number of aliphatic imine (C=N–C) groups is 1. The third kappa shape index (κ3) is 9.09. The molecule has 1 rings (SSSR count). The monoisotopic (exact) mass is 452 g/mol. The van der Waals surface area contributed by atoms with Gasteiger partial charge >= 0.3 is 5.97 Å². The predicted octanol–water partition coefficient (Wildman–Crippen LogP) is 2.70. The lowest BCUT2D eigenvalue weighted by Gasteiger charge is -2.10. The van der Waals surface area contributed by atoms with Crippen LogP contribution < -0.4 is 10.6 Å². The lowest BCUT2D eigenvalue weighted by atomic mass is 10.1. The fourth-order valence-corrected chi connectivity index (χ4v) is 2.05. The molecular weight excluding hydrogens is 423 g/mol. The summed E-state index contributed by atoms with van der Waals surface area (Å²) in [5.41, 5.74) is 0.914. The van der Waals surface area contributed by atoms with E-state index in [4.69, 9.17) is 4.42 Å². The van der Waals surface area contributed by atoms with Crippen LogP contribution in [0.5, 0.6) is 0 Å². The fraction of sp³-hybridized carbons (Fsp3) is 0.688. The standard InChI is InChI=1S/C16H28N4O3.HI/c1-12-13(2)23-14(20-12)11-19-16(17-3)18-10-8-6-5-7-9-15(21)22-4;/h5-11H2,1-4H3,(H2,17,18,19);1H. The highest BCUT2D eigenvalue weighted by atomic mass is 127. The number of nitrogens with one attached hydrogen (secondary N) is 2. The first-order chi connectivity index (χ1) is 11.1. The minimum atomic E-state index is -0.135. The Balaban J connectivity index is 0.00000529. The number of unbranched alkanes of at least 4 members (excludes halogenated alkanes) is 3. The fourth-order valence-electron chi connectivity index (χ4n) is 2.05. The van der Waals surface area contributed by atoms with Gasteiger partial charge < -0.3 is 19.8 Å². The second-order valence-corrected chi connectivity index (χ2v) is 5.34. The number of hydrogen-bond donors (Lipinski definition) is 2. The summed E-state index contributed by atoms with van der Waals surface area (Å²) in [6, 6.07) is 0. The summed E-state index contributed by atoms with van der Waals surface area (Å²) in [6.07, 6.45) is 4.50. The Kier molecular flexibility index (Phi) is 12.3. The van der Waals surface area contributed by atoms with Crippen LogP contribution in [0.2, 0.25) is 0 Å². The number of ether oxygens (including phenoxy) is 1. The van der Waals surface area contributed by atoms with Gasteiger partial charge in [-0.1, -0.05) is 12.8 Å². The molecule has 2 N–H and O–H groups in total. The van der Waals surface area contributed by atoms with E-state index in [1.807, 2.05) is 13.8 Å². The number of carbonyl (C=O) groups is 1. The van der Waals surface area contributed by atoms with Gasteiger partial charge in [-0.25, -0.2) is 4.98 Å². The molecule has 1 aromatic rings. The number of aromatic nitrogens is 1. The Morgan fingerprint density at radius 3 is 2.50 bits per heavy atom. The van der Waals surface area contributed by atoms with Gasteiger partial charge in [-0.2, -0.15) is 0 Å². The van der Waals surface area contributed by atoms with Crippen LogP contribution in [0.25, 0.3) is 0 Å². The largest absolute Gasteiger partial charge is 0.469 e. The van der Waals surface area contributed by atoms with Gasteiger partial charge in [0.1, 0.15) is 5.76 Å².